The van der Waals surface area contributed by atoms with Crippen molar-refractivity contribution in [1.82, 2.24) is 24.7 Å². The minimum Gasteiger partial charge on any atom is -0.370 e. The number of rotatable bonds is 7. The molecule has 32 heavy (non-hydrogen) atoms. The van der Waals surface area contributed by atoms with Gasteiger partial charge in [0.05, 0.1) is 0 Å². The second-order valence-electron chi connectivity index (χ2n) is 9.71. The van der Waals surface area contributed by atoms with Gasteiger partial charge in [0.25, 0.3) is 0 Å². The molecule has 0 spiro atoms. The number of aromatic nitrogens is 2. The zero-order chi connectivity index (χ0) is 22.3. The molecular weight excluding hydrogens is 402 g/mol. The Morgan fingerprint density at radius 1 is 1.00 bits per heavy atom. The van der Waals surface area contributed by atoms with Crippen LogP contribution in [0.2, 0.25) is 0 Å². The van der Waals surface area contributed by atoms with Gasteiger partial charge >= 0.3 is 0 Å². The van der Waals surface area contributed by atoms with E-state index in [0.717, 1.165) is 82.8 Å². The molecule has 1 amide bonds. The monoisotopic (exact) mass is 443 g/mol. The third-order valence-corrected chi connectivity index (χ3v) is 7.59. The number of hydrogen-bond acceptors (Lipinski definition) is 7. The summed E-state index contributed by atoms with van der Waals surface area (Å²) in [6, 6.07) is 2.76. The van der Waals surface area contributed by atoms with Crippen LogP contribution in [0.4, 0.5) is 11.6 Å². The molecule has 4 heterocycles. The van der Waals surface area contributed by atoms with Crippen molar-refractivity contribution in [1.29, 1.82) is 0 Å². The molecule has 3 saturated heterocycles. The van der Waals surface area contributed by atoms with Gasteiger partial charge in [0, 0.05) is 64.3 Å². The Hall–Kier alpha value is -1.93. The van der Waals surface area contributed by atoms with E-state index in [-0.39, 0.29) is 0 Å². The average molecular weight is 444 g/mol. The standard InChI is InChI=1S/C24H41N7O/c1-3-25-22-18-23(27-19-26-22)30-12-6-20(7-13-30)4-5-24(32)31-16-14-29(15-17-31)21-8-10-28(2)11-9-21/h18-21H,3-17H2,1-2H3,(H,25,26,27). The fraction of sp³-hybridized carbons (Fsp3) is 0.792. The Kier molecular flexibility index (Phi) is 8.19. The fourth-order valence-electron chi connectivity index (χ4n) is 5.43. The predicted molar refractivity (Wildman–Crippen MR) is 129 cm³/mol. The van der Waals surface area contributed by atoms with Crippen LogP contribution in [0.25, 0.3) is 0 Å². The topological polar surface area (TPSA) is 67.8 Å². The third kappa shape index (κ3) is 6.10. The minimum atomic E-state index is 0.363. The Morgan fingerprint density at radius 2 is 1.72 bits per heavy atom. The summed E-state index contributed by atoms with van der Waals surface area (Å²) in [6.07, 6.45) is 8.19. The number of hydrogen-bond donors (Lipinski definition) is 1. The number of nitrogens with zero attached hydrogens (tertiary/aromatic N) is 6. The van der Waals surface area contributed by atoms with Crippen LogP contribution in [0.3, 0.4) is 0 Å². The lowest BCUT2D eigenvalue weighted by Gasteiger charge is -2.42. The summed E-state index contributed by atoms with van der Waals surface area (Å²) >= 11 is 0. The number of carbonyl (C=O) groups excluding carboxylic acids is 1. The molecule has 3 fully saturated rings. The molecule has 0 atom stereocenters. The highest BCUT2D eigenvalue weighted by molar-refractivity contribution is 5.76. The van der Waals surface area contributed by atoms with Gasteiger partial charge in [-0.15, -0.1) is 0 Å². The zero-order valence-corrected chi connectivity index (χ0v) is 20.0. The van der Waals surface area contributed by atoms with E-state index in [1.165, 1.54) is 25.9 Å². The second kappa shape index (κ2) is 11.3. The van der Waals surface area contributed by atoms with Crippen LogP contribution in [-0.4, -0.2) is 103 Å². The van der Waals surface area contributed by atoms with Crippen molar-refractivity contribution in [3.05, 3.63) is 12.4 Å². The summed E-state index contributed by atoms with van der Waals surface area (Å²) in [5.74, 6) is 2.90. The predicted octanol–water partition coefficient (Wildman–Crippen LogP) is 2.14. The van der Waals surface area contributed by atoms with Gasteiger partial charge < -0.3 is 20.0 Å². The van der Waals surface area contributed by atoms with Crippen LogP contribution in [-0.2, 0) is 4.79 Å². The van der Waals surface area contributed by atoms with Gasteiger partial charge in [0.1, 0.15) is 18.0 Å². The summed E-state index contributed by atoms with van der Waals surface area (Å²) in [7, 11) is 2.22. The van der Waals surface area contributed by atoms with Crippen LogP contribution >= 0.6 is 0 Å². The molecule has 0 aliphatic carbocycles. The zero-order valence-electron chi connectivity index (χ0n) is 20.0. The van der Waals surface area contributed by atoms with Crippen LogP contribution in [0.1, 0.15) is 45.4 Å². The van der Waals surface area contributed by atoms with E-state index < -0.39 is 0 Å². The quantitative estimate of drug-likeness (QED) is 0.692. The lowest BCUT2D eigenvalue weighted by molar-refractivity contribution is -0.133. The number of piperazine rings is 1. The molecular formula is C24H41N7O. The highest BCUT2D eigenvalue weighted by Gasteiger charge is 2.28. The largest absolute Gasteiger partial charge is 0.370 e. The van der Waals surface area contributed by atoms with Crippen molar-refractivity contribution in [2.75, 3.05) is 76.2 Å². The first-order valence-corrected chi connectivity index (χ1v) is 12.6. The maximum Gasteiger partial charge on any atom is 0.222 e. The molecule has 8 heteroatoms. The van der Waals surface area contributed by atoms with Crippen molar-refractivity contribution in [3.63, 3.8) is 0 Å². The summed E-state index contributed by atoms with van der Waals surface area (Å²) < 4.78 is 0. The van der Waals surface area contributed by atoms with E-state index in [9.17, 15) is 4.79 Å². The third-order valence-electron chi connectivity index (χ3n) is 7.59. The van der Waals surface area contributed by atoms with Crippen LogP contribution in [0.15, 0.2) is 12.4 Å². The lowest BCUT2D eigenvalue weighted by Crippen LogP contribution is -2.54. The summed E-state index contributed by atoms with van der Waals surface area (Å²) in [5.41, 5.74) is 0. The minimum absolute atomic E-state index is 0.363. The fourth-order valence-corrected chi connectivity index (χ4v) is 5.43. The second-order valence-corrected chi connectivity index (χ2v) is 9.71. The number of likely N-dealkylation sites (tertiary alicyclic amines) is 1. The molecule has 8 nitrogen and oxygen atoms in total. The smallest absolute Gasteiger partial charge is 0.222 e. The molecule has 178 valence electrons. The van der Waals surface area contributed by atoms with Crippen LogP contribution in [0, 0.1) is 5.92 Å². The SMILES string of the molecule is CCNc1cc(N2CCC(CCC(=O)N3CCN(C4CCN(C)CC4)CC3)CC2)ncn1. The number of nitrogens with one attached hydrogen (secondary N) is 1. The number of piperidine rings is 2. The molecule has 0 bridgehead atoms. The van der Waals surface area contributed by atoms with Crippen molar-refractivity contribution >= 4 is 17.5 Å². The van der Waals surface area contributed by atoms with Gasteiger partial charge in [0.15, 0.2) is 0 Å². The first kappa shape index (κ1) is 23.2. The van der Waals surface area contributed by atoms with E-state index in [0.29, 0.717) is 18.2 Å². The Morgan fingerprint density at radius 3 is 2.41 bits per heavy atom. The normalized spacial score (nSPS) is 22.3. The van der Waals surface area contributed by atoms with Crippen molar-refractivity contribution in [2.45, 2.75) is 51.5 Å². The lowest BCUT2D eigenvalue weighted by atomic mass is 9.92. The molecule has 1 aromatic rings. The van der Waals surface area contributed by atoms with Crippen molar-refractivity contribution < 1.29 is 4.79 Å². The molecule has 1 aromatic heterocycles. The number of amides is 1. The molecule has 3 aliphatic rings. The van der Waals surface area contributed by atoms with Gasteiger partial charge in [-0.3, -0.25) is 9.69 Å². The average Bonchev–Trinajstić information content (AvgIpc) is 2.84. The summed E-state index contributed by atoms with van der Waals surface area (Å²) in [4.78, 5) is 31.1. The van der Waals surface area contributed by atoms with E-state index in [2.05, 4.69) is 48.9 Å². The van der Waals surface area contributed by atoms with Gasteiger partial charge in [-0.1, -0.05) is 0 Å². The molecule has 0 radical (unpaired) electrons. The van der Waals surface area contributed by atoms with Crippen molar-refractivity contribution in [3.8, 4) is 0 Å². The highest BCUT2D eigenvalue weighted by Crippen LogP contribution is 2.26. The molecule has 0 aromatic carbocycles. The molecule has 0 unspecified atom stereocenters. The maximum absolute atomic E-state index is 12.8. The van der Waals surface area contributed by atoms with E-state index >= 15 is 0 Å². The number of carbonyl (C=O) groups is 1. The Balaban J connectivity index is 1.15. The molecule has 4 rings (SSSR count). The first-order chi connectivity index (χ1) is 15.6. The molecule has 1 N–H and O–H groups in total. The van der Waals surface area contributed by atoms with E-state index in [1.807, 2.05) is 6.07 Å². The summed E-state index contributed by atoms with van der Waals surface area (Å²) in [5, 5.41) is 3.26. The van der Waals surface area contributed by atoms with Gasteiger partial charge in [-0.2, -0.15) is 0 Å². The van der Waals surface area contributed by atoms with Crippen LogP contribution < -0.4 is 10.2 Å². The molecule has 0 saturated carbocycles. The van der Waals surface area contributed by atoms with Gasteiger partial charge in [-0.05, 0) is 65.1 Å². The van der Waals surface area contributed by atoms with Gasteiger partial charge in [-0.25, -0.2) is 9.97 Å². The van der Waals surface area contributed by atoms with Gasteiger partial charge in [0.2, 0.25) is 5.91 Å². The maximum atomic E-state index is 12.8. The van der Waals surface area contributed by atoms with E-state index in [4.69, 9.17) is 0 Å². The first-order valence-electron chi connectivity index (χ1n) is 12.6. The molecule has 3 aliphatic heterocycles. The van der Waals surface area contributed by atoms with E-state index in [1.54, 1.807) is 6.33 Å². The Labute approximate surface area is 193 Å². The van der Waals surface area contributed by atoms with Crippen LogP contribution in [0.5, 0.6) is 0 Å². The number of anilines is 2. The highest BCUT2D eigenvalue weighted by atomic mass is 16.2. The Bertz CT molecular complexity index is 721. The summed E-state index contributed by atoms with van der Waals surface area (Å²) in [6.45, 7) is 11.3. The van der Waals surface area contributed by atoms with Crippen molar-refractivity contribution in [2.24, 2.45) is 5.92 Å².